The van der Waals surface area contributed by atoms with Gasteiger partial charge in [-0.1, -0.05) is 6.07 Å². The SMILES string of the molecule is COc1ccc(CNC(=O)[C@H]2CCN[C@@H](C)C2)cc1OC1CCCC1. The molecule has 1 heterocycles. The van der Waals surface area contributed by atoms with Gasteiger partial charge in [-0.15, -0.1) is 0 Å². The van der Waals surface area contributed by atoms with Gasteiger partial charge in [-0.2, -0.15) is 0 Å². The number of piperidine rings is 1. The zero-order valence-corrected chi connectivity index (χ0v) is 15.3. The van der Waals surface area contributed by atoms with Crippen LogP contribution in [0.3, 0.4) is 0 Å². The minimum absolute atomic E-state index is 0.115. The Kier molecular flexibility index (Phi) is 6.19. The van der Waals surface area contributed by atoms with Crippen molar-refractivity contribution in [1.29, 1.82) is 0 Å². The third kappa shape index (κ3) is 4.88. The fourth-order valence-electron chi connectivity index (χ4n) is 3.81. The van der Waals surface area contributed by atoms with Gasteiger partial charge >= 0.3 is 0 Å². The third-order valence-electron chi connectivity index (χ3n) is 5.29. The standard InChI is InChI=1S/C20H30N2O3/c1-14-11-16(9-10-21-14)20(23)22-13-15-7-8-18(24-2)19(12-15)25-17-5-3-4-6-17/h7-8,12,14,16-17,21H,3-6,9-11,13H2,1-2H3,(H,22,23)/t14-,16-/m0/s1. The minimum Gasteiger partial charge on any atom is -0.493 e. The van der Waals surface area contributed by atoms with Crippen molar-refractivity contribution in [2.45, 2.75) is 64.1 Å². The molecule has 138 valence electrons. The van der Waals surface area contributed by atoms with E-state index in [9.17, 15) is 4.79 Å². The Morgan fingerprint density at radius 1 is 1.24 bits per heavy atom. The van der Waals surface area contributed by atoms with Crippen LogP contribution >= 0.6 is 0 Å². The van der Waals surface area contributed by atoms with Crippen LogP contribution in [-0.2, 0) is 11.3 Å². The summed E-state index contributed by atoms with van der Waals surface area (Å²) in [7, 11) is 1.66. The highest BCUT2D eigenvalue weighted by Gasteiger charge is 2.24. The second-order valence-electron chi connectivity index (χ2n) is 7.30. The number of carbonyl (C=O) groups excluding carboxylic acids is 1. The molecule has 5 heteroatoms. The summed E-state index contributed by atoms with van der Waals surface area (Å²) in [5.41, 5.74) is 1.05. The van der Waals surface area contributed by atoms with Crippen molar-refractivity contribution in [3.8, 4) is 11.5 Å². The third-order valence-corrected chi connectivity index (χ3v) is 5.29. The van der Waals surface area contributed by atoms with E-state index >= 15 is 0 Å². The zero-order valence-electron chi connectivity index (χ0n) is 15.3. The first-order valence-corrected chi connectivity index (χ1v) is 9.50. The molecular weight excluding hydrogens is 316 g/mol. The van der Waals surface area contributed by atoms with E-state index in [-0.39, 0.29) is 17.9 Å². The molecule has 1 saturated heterocycles. The van der Waals surface area contributed by atoms with Gasteiger partial charge in [0.2, 0.25) is 5.91 Å². The van der Waals surface area contributed by atoms with Crippen molar-refractivity contribution in [2.24, 2.45) is 5.92 Å². The van der Waals surface area contributed by atoms with Gasteiger partial charge in [0.1, 0.15) is 0 Å². The molecule has 3 rings (SSSR count). The number of hydrogen-bond donors (Lipinski definition) is 2. The zero-order chi connectivity index (χ0) is 17.6. The molecule has 2 aliphatic rings. The van der Waals surface area contributed by atoms with Crippen LogP contribution in [0.5, 0.6) is 11.5 Å². The Hall–Kier alpha value is -1.75. The molecule has 5 nitrogen and oxygen atoms in total. The van der Waals surface area contributed by atoms with Gasteiger partial charge < -0.3 is 20.1 Å². The normalized spacial score (nSPS) is 24.1. The quantitative estimate of drug-likeness (QED) is 0.831. The van der Waals surface area contributed by atoms with Crippen molar-refractivity contribution in [3.05, 3.63) is 23.8 Å². The van der Waals surface area contributed by atoms with Crippen LogP contribution in [0.1, 0.15) is 51.0 Å². The second kappa shape index (κ2) is 8.56. The first kappa shape index (κ1) is 18.1. The molecule has 2 atom stereocenters. The second-order valence-corrected chi connectivity index (χ2v) is 7.30. The summed E-state index contributed by atoms with van der Waals surface area (Å²) in [4.78, 5) is 12.4. The maximum atomic E-state index is 12.4. The van der Waals surface area contributed by atoms with Gasteiger partial charge in [-0.3, -0.25) is 4.79 Å². The molecule has 0 bridgehead atoms. The predicted octanol–water partition coefficient (Wildman–Crippen LogP) is 3.02. The molecule has 1 saturated carbocycles. The van der Waals surface area contributed by atoms with E-state index in [0.29, 0.717) is 12.6 Å². The Morgan fingerprint density at radius 3 is 2.76 bits per heavy atom. The minimum atomic E-state index is 0.115. The number of hydrogen-bond acceptors (Lipinski definition) is 4. The fourth-order valence-corrected chi connectivity index (χ4v) is 3.81. The molecule has 2 N–H and O–H groups in total. The number of carbonyl (C=O) groups is 1. The number of benzene rings is 1. The Balaban J connectivity index is 1.58. The van der Waals surface area contributed by atoms with E-state index in [1.165, 1.54) is 12.8 Å². The number of nitrogens with one attached hydrogen (secondary N) is 2. The van der Waals surface area contributed by atoms with Gasteiger partial charge in [0.15, 0.2) is 11.5 Å². The highest BCUT2D eigenvalue weighted by Crippen LogP contribution is 2.32. The lowest BCUT2D eigenvalue weighted by Crippen LogP contribution is -2.42. The van der Waals surface area contributed by atoms with Crippen molar-refractivity contribution in [3.63, 3.8) is 0 Å². The lowest BCUT2D eigenvalue weighted by molar-refractivity contribution is -0.126. The first-order chi connectivity index (χ1) is 12.2. The average Bonchev–Trinajstić information content (AvgIpc) is 3.13. The van der Waals surface area contributed by atoms with Gasteiger partial charge in [0, 0.05) is 18.5 Å². The number of ether oxygens (including phenoxy) is 2. The molecule has 1 aliphatic heterocycles. The summed E-state index contributed by atoms with van der Waals surface area (Å²) in [6, 6.07) is 6.34. The highest BCUT2D eigenvalue weighted by molar-refractivity contribution is 5.78. The average molecular weight is 346 g/mol. The predicted molar refractivity (Wildman–Crippen MR) is 97.9 cm³/mol. The molecule has 25 heavy (non-hydrogen) atoms. The summed E-state index contributed by atoms with van der Waals surface area (Å²) in [6.45, 7) is 3.58. The van der Waals surface area contributed by atoms with Gasteiger partial charge in [-0.05, 0) is 69.7 Å². The molecule has 0 aromatic heterocycles. The van der Waals surface area contributed by atoms with Crippen LogP contribution in [0.4, 0.5) is 0 Å². The number of rotatable bonds is 6. The van der Waals surface area contributed by atoms with Crippen LogP contribution in [-0.4, -0.2) is 31.7 Å². The van der Waals surface area contributed by atoms with E-state index in [2.05, 4.69) is 17.6 Å². The number of amides is 1. The Labute approximate surface area is 150 Å². The van der Waals surface area contributed by atoms with E-state index in [4.69, 9.17) is 9.47 Å². The van der Waals surface area contributed by atoms with Crippen LogP contribution in [0, 0.1) is 5.92 Å². The monoisotopic (exact) mass is 346 g/mol. The van der Waals surface area contributed by atoms with Crippen molar-refractivity contribution < 1.29 is 14.3 Å². The van der Waals surface area contributed by atoms with Gasteiger partial charge in [0.05, 0.1) is 13.2 Å². The molecule has 1 aromatic carbocycles. The van der Waals surface area contributed by atoms with Gasteiger partial charge in [0.25, 0.3) is 0 Å². The van der Waals surface area contributed by atoms with E-state index in [0.717, 1.165) is 49.3 Å². The molecule has 1 aromatic rings. The summed E-state index contributed by atoms with van der Waals surface area (Å²) >= 11 is 0. The summed E-state index contributed by atoms with van der Waals surface area (Å²) in [6.07, 6.45) is 6.79. The van der Waals surface area contributed by atoms with Crippen LogP contribution in [0.2, 0.25) is 0 Å². The van der Waals surface area contributed by atoms with Crippen molar-refractivity contribution >= 4 is 5.91 Å². The lowest BCUT2D eigenvalue weighted by Gasteiger charge is -2.27. The van der Waals surface area contributed by atoms with Crippen LogP contribution < -0.4 is 20.1 Å². The molecule has 1 amide bonds. The number of methoxy groups -OCH3 is 1. The topological polar surface area (TPSA) is 59.6 Å². The fraction of sp³-hybridized carbons (Fsp3) is 0.650. The molecule has 2 fully saturated rings. The molecule has 0 spiro atoms. The van der Waals surface area contributed by atoms with E-state index < -0.39 is 0 Å². The van der Waals surface area contributed by atoms with Crippen LogP contribution in [0.15, 0.2) is 18.2 Å². The van der Waals surface area contributed by atoms with E-state index in [1.54, 1.807) is 7.11 Å². The maximum absolute atomic E-state index is 12.4. The molecule has 1 aliphatic carbocycles. The van der Waals surface area contributed by atoms with Crippen molar-refractivity contribution in [1.82, 2.24) is 10.6 Å². The largest absolute Gasteiger partial charge is 0.493 e. The molecular formula is C20H30N2O3. The summed E-state index contributed by atoms with van der Waals surface area (Å²) in [5.74, 6) is 1.82. The maximum Gasteiger partial charge on any atom is 0.223 e. The Bertz CT molecular complexity index is 584. The lowest BCUT2D eigenvalue weighted by atomic mass is 9.92. The smallest absolute Gasteiger partial charge is 0.223 e. The van der Waals surface area contributed by atoms with Gasteiger partial charge in [-0.25, -0.2) is 0 Å². The molecule has 0 unspecified atom stereocenters. The first-order valence-electron chi connectivity index (χ1n) is 9.50. The van der Waals surface area contributed by atoms with Crippen LogP contribution in [0.25, 0.3) is 0 Å². The molecule has 0 radical (unpaired) electrons. The highest BCUT2D eigenvalue weighted by atomic mass is 16.5. The summed E-state index contributed by atoms with van der Waals surface area (Å²) < 4.78 is 11.6. The summed E-state index contributed by atoms with van der Waals surface area (Å²) in [5, 5.41) is 6.47. The van der Waals surface area contributed by atoms with Crippen molar-refractivity contribution in [2.75, 3.05) is 13.7 Å². The Morgan fingerprint density at radius 2 is 2.04 bits per heavy atom. The van der Waals surface area contributed by atoms with E-state index in [1.807, 2.05) is 18.2 Å².